The molecule has 0 aromatic carbocycles. The molecule has 0 bridgehead atoms. The Morgan fingerprint density at radius 2 is 1.38 bits per heavy atom. The van der Waals surface area contributed by atoms with Gasteiger partial charge in [0.15, 0.2) is 0 Å². The van der Waals surface area contributed by atoms with Crippen LogP contribution in [-0.2, 0) is 9.59 Å². The molecule has 3 heteroatoms. The molecule has 0 N–H and O–H groups in total. The zero-order valence-electron chi connectivity index (χ0n) is 4.52. The molecule has 0 aliphatic carbocycles. The van der Waals surface area contributed by atoms with Gasteiger partial charge in [0.2, 0.25) is 0 Å². The second-order valence-corrected chi connectivity index (χ2v) is 1.58. The molecule has 46 valence electrons. The monoisotopic (exact) mass is 218 g/mol. The minimum atomic E-state index is -0.0625. The van der Waals surface area contributed by atoms with E-state index in [1.165, 1.54) is 13.8 Å². The second kappa shape index (κ2) is 5.35. The van der Waals surface area contributed by atoms with E-state index in [0.717, 1.165) is 0 Å². The first-order chi connectivity index (χ1) is 3.13. The molecule has 0 aliphatic heterocycles. The Morgan fingerprint density at radius 3 is 1.38 bits per heavy atom. The van der Waals surface area contributed by atoms with Gasteiger partial charge in [0.1, 0.15) is 11.6 Å². The van der Waals surface area contributed by atoms with Gasteiger partial charge in [-0.25, -0.2) is 0 Å². The maximum atomic E-state index is 10.0. The SMILES string of the molecule is CC(=O)CC(C)=O.[InH3]. The first-order valence-corrected chi connectivity index (χ1v) is 2.12. The molecule has 0 spiro atoms. The van der Waals surface area contributed by atoms with Crippen molar-refractivity contribution in [1.29, 1.82) is 0 Å². The summed E-state index contributed by atoms with van der Waals surface area (Å²) < 4.78 is 0. The summed E-state index contributed by atoms with van der Waals surface area (Å²) in [5.74, 6) is -0.125. The van der Waals surface area contributed by atoms with Gasteiger partial charge in [-0.1, -0.05) is 0 Å². The van der Waals surface area contributed by atoms with Crippen LogP contribution in [0.15, 0.2) is 0 Å². The third-order valence-electron chi connectivity index (χ3n) is 0.498. The van der Waals surface area contributed by atoms with Crippen LogP contribution in [0.1, 0.15) is 20.3 Å². The fraction of sp³-hybridized carbons (Fsp3) is 0.600. The molecule has 8 heavy (non-hydrogen) atoms. The Bertz CT molecular complexity index is 86.6. The molecule has 0 aromatic heterocycles. The fourth-order valence-corrected chi connectivity index (χ4v) is 0.351. The fourth-order valence-electron chi connectivity index (χ4n) is 0.351. The molecule has 0 amide bonds. The van der Waals surface area contributed by atoms with Crippen LogP contribution in [0.4, 0.5) is 0 Å². The number of Topliss-reactive ketones (excluding diaryl/α,β-unsaturated/α-hetero) is 2. The third-order valence-corrected chi connectivity index (χ3v) is 0.498. The van der Waals surface area contributed by atoms with E-state index in [2.05, 4.69) is 0 Å². The third kappa shape index (κ3) is 9.51. The van der Waals surface area contributed by atoms with Crippen molar-refractivity contribution in [3.63, 3.8) is 0 Å². The molecule has 0 unspecified atom stereocenters. The molecule has 0 atom stereocenters. The number of rotatable bonds is 2. The summed E-state index contributed by atoms with van der Waals surface area (Å²) in [6.07, 6.45) is 0.0833. The van der Waals surface area contributed by atoms with Gasteiger partial charge in [-0.15, -0.1) is 0 Å². The average Bonchev–Trinajstić information content (AvgIpc) is 1.27. The average molecular weight is 218 g/mol. The van der Waals surface area contributed by atoms with E-state index in [4.69, 9.17) is 0 Å². The van der Waals surface area contributed by atoms with E-state index < -0.39 is 0 Å². The van der Waals surface area contributed by atoms with E-state index in [-0.39, 0.29) is 43.8 Å². The molecule has 0 rings (SSSR count). The molecule has 0 saturated heterocycles. The van der Waals surface area contributed by atoms with Crippen molar-refractivity contribution < 1.29 is 9.59 Å². The molecule has 0 aromatic rings. The summed E-state index contributed by atoms with van der Waals surface area (Å²) in [6.45, 7) is 2.81. The first kappa shape index (κ1) is 11.1. The summed E-state index contributed by atoms with van der Waals surface area (Å²) in [5.41, 5.74) is 0. The Hall–Kier alpha value is 0.210. The molecular formula is C5H11InO2. The predicted molar refractivity (Wildman–Crippen MR) is 35.9 cm³/mol. The van der Waals surface area contributed by atoms with Crippen LogP contribution < -0.4 is 0 Å². The molecule has 0 fully saturated rings. The van der Waals surface area contributed by atoms with Crippen LogP contribution in [0.2, 0.25) is 0 Å². The van der Waals surface area contributed by atoms with Crippen LogP contribution >= 0.6 is 0 Å². The van der Waals surface area contributed by atoms with Gasteiger partial charge in [0.25, 0.3) is 0 Å². The van der Waals surface area contributed by atoms with E-state index in [1.54, 1.807) is 0 Å². The zero-order valence-corrected chi connectivity index (χ0v) is 4.52. The van der Waals surface area contributed by atoms with Crippen LogP contribution in [-0.4, -0.2) is 37.4 Å². The number of hydrogen-bond donors (Lipinski definition) is 0. The quantitative estimate of drug-likeness (QED) is 0.578. The van der Waals surface area contributed by atoms with E-state index in [1.807, 2.05) is 0 Å². The predicted octanol–water partition coefficient (Wildman–Crippen LogP) is -0.629. The topological polar surface area (TPSA) is 34.1 Å². The van der Waals surface area contributed by atoms with Crippen molar-refractivity contribution in [1.82, 2.24) is 0 Å². The van der Waals surface area contributed by atoms with E-state index >= 15 is 0 Å². The Labute approximate surface area is 67.4 Å². The van der Waals surface area contributed by atoms with Crippen LogP contribution in [0.3, 0.4) is 0 Å². The normalized spacial score (nSPS) is 7.25. The van der Waals surface area contributed by atoms with Crippen LogP contribution in [0.5, 0.6) is 0 Å². The number of hydrogen-bond acceptors (Lipinski definition) is 2. The van der Waals surface area contributed by atoms with Crippen molar-refractivity contribution in [2.24, 2.45) is 0 Å². The van der Waals surface area contributed by atoms with E-state index in [0.29, 0.717) is 0 Å². The van der Waals surface area contributed by atoms with Crippen LogP contribution in [0, 0.1) is 0 Å². The van der Waals surface area contributed by atoms with Gasteiger partial charge >= 0.3 is 25.8 Å². The second-order valence-electron chi connectivity index (χ2n) is 1.58. The van der Waals surface area contributed by atoms with Crippen LogP contribution in [0.25, 0.3) is 0 Å². The molecule has 2 nitrogen and oxygen atoms in total. The van der Waals surface area contributed by atoms with E-state index in [9.17, 15) is 9.59 Å². The van der Waals surface area contributed by atoms with Gasteiger partial charge in [0, 0.05) is 0 Å². The summed E-state index contributed by atoms with van der Waals surface area (Å²) in [6, 6.07) is 0. The molecule has 0 radical (unpaired) electrons. The first-order valence-electron chi connectivity index (χ1n) is 2.12. The molecule has 0 aliphatic rings. The zero-order chi connectivity index (χ0) is 5.86. The van der Waals surface area contributed by atoms with Crippen molar-refractivity contribution in [2.45, 2.75) is 20.3 Å². The Morgan fingerprint density at radius 1 is 1.12 bits per heavy atom. The van der Waals surface area contributed by atoms with Gasteiger partial charge in [-0.05, 0) is 13.8 Å². The Balaban J connectivity index is 0. The standard InChI is InChI=1S/C5H8O2.In.3H/c1-4(6)3-5(2)7;;;;/h3H2,1-2H3;;;;. The number of carbonyl (C=O) groups excluding carboxylic acids is 2. The molecule has 0 heterocycles. The molecular weight excluding hydrogens is 207 g/mol. The van der Waals surface area contributed by atoms with Crippen molar-refractivity contribution >= 4 is 37.4 Å². The van der Waals surface area contributed by atoms with Gasteiger partial charge in [0.05, 0.1) is 6.42 Å². The summed E-state index contributed by atoms with van der Waals surface area (Å²) in [5, 5.41) is 0. The summed E-state index contributed by atoms with van der Waals surface area (Å²) in [4.78, 5) is 20.1. The van der Waals surface area contributed by atoms with Gasteiger partial charge < -0.3 is 0 Å². The maximum absolute atomic E-state index is 10.0. The van der Waals surface area contributed by atoms with Crippen molar-refractivity contribution in [2.75, 3.05) is 0 Å². The minimum absolute atomic E-state index is 0. The summed E-state index contributed by atoms with van der Waals surface area (Å²) in [7, 11) is 0. The number of carbonyl (C=O) groups is 2. The Kier molecular flexibility index (Phi) is 7.40. The van der Waals surface area contributed by atoms with Gasteiger partial charge in [-0.2, -0.15) is 0 Å². The van der Waals surface area contributed by atoms with Crippen molar-refractivity contribution in [3.8, 4) is 0 Å². The summed E-state index contributed by atoms with van der Waals surface area (Å²) >= 11 is 0. The van der Waals surface area contributed by atoms with Crippen molar-refractivity contribution in [3.05, 3.63) is 0 Å². The molecule has 0 saturated carbocycles. The number of ketones is 2. The van der Waals surface area contributed by atoms with Gasteiger partial charge in [-0.3, -0.25) is 9.59 Å².